The van der Waals surface area contributed by atoms with Gasteiger partial charge in [0.05, 0.1) is 23.3 Å². The van der Waals surface area contributed by atoms with Crippen molar-refractivity contribution in [3.63, 3.8) is 0 Å². The summed E-state index contributed by atoms with van der Waals surface area (Å²) in [7, 11) is 1.82. The summed E-state index contributed by atoms with van der Waals surface area (Å²) in [6.45, 7) is 2.24. The molecule has 0 saturated heterocycles. The van der Waals surface area contributed by atoms with Crippen LogP contribution in [0.4, 0.5) is 0 Å². The number of H-pyrrole nitrogens is 1. The molecule has 27 heavy (non-hydrogen) atoms. The Labute approximate surface area is 154 Å². The highest BCUT2D eigenvalue weighted by Crippen LogP contribution is 2.18. The maximum Gasteiger partial charge on any atom is 0.265 e. The fourth-order valence-electron chi connectivity index (χ4n) is 2.85. The minimum atomic E-state index is -0.105. The Balaban J connectivity index is 1.31. The van der Waals surface area contributed by atoms with Crippen molar-refractivity contribution in [1.82, 2.24) is 35.3 Å². The van der Waals surface area contributed by atoms with Gasteiger partial charge in [-0.2, -0.15) is 5.10 Å². The van der Waals surface area contributed by atoms with Crippen LogP contribution in [0.25, 0.3) is 22.6 Å². The Bertz CT molecular complexity index is 1060. The van der Waals surface area contributed by atoms with Crippen molar-refractivity contribution in [2.75, 3.05) is 0 Å². The molecular formula is C18H19N7O2. The minimum absolute atomic E-state index is 0.105. The van der Waals surface area contributed by atoms with Gasteiger partial charge in [0.15, 0.2) is 0 Å². The minimum Gasteiger partial charge on any atom is -0.419 e. The molecule has 0 saturated carbocycles. The van der Waals surface area contributed by atoms with Gasteiger partial charge in [-0.25, -0.2) is 4.98 Å². The quantitative estimate of drug-likeness (QED) is 0.539. The third kappa shape index (κ3) is 3.71. The average molecular weight is 365 g/mol. The van der Waals surface area contributed by atoms with Gasteiger partial charge in [0.1, 0.15) is 11.5 Å². The van der Waals surface area contributed by atoms with Gasteiger partial charge in [0.25, 0.3) is 5.89 Å². The molecule has 0 fully saturated rings. The Morgan fingerprint density at radius 1 is 1.30 bits per heavy atom. The zero-order valence-corrected chi connectivity index (χ0v) is 15.1. The summed E-state index contributed by atoms with van der Waals surface area (Å²) >= 11 is 0. The Morgan fingerprint density at radius 2 is 2.15 bits per heavy atom. The van der Waals surface area contributed by atoms with Gasteiger partial charge < -0.3 is 14.7 Å². The molecular weight excluding hydrogens is 346 g/mol. The molecule has 4 rings (SSSR count). The number of rotatable bonds is 6. The first-order chi connectivity index (χ1) is 13.1. The highest BCUT2D eigenvalue weighted by atomic mass is 16.4. The normalized spacial score (nSPS) is 11.2. The summed E-state index contributed by atoms with van der Waals surface area (Å²) in [6, 6.07) is 9.61. The highest BCUT2D eigenvalue weighted by Gasteiger charge is 2.14. The first-order valence-electron chi connectivity index (χ1n) is 8.62. The monoisotopic (exact) mass is 365 g/mol. The van der Waals surface area contributed by atoms with E-state index < -0.39 is 0 Å². The predicted octanol–water partition coefficient (Wildman–Crippen LogP) is 1.90. The number of carbonyl (C=O) groups is 1. The molecule has 3 heterocycles. The summed E-state index contributed by atoms with van der Waals surface area (Å²) in [5.74, 6) is 1.43. The van der Waals surface area contributed by atoms with Gasteiger partial charge in [-0.1, -0.05) is 12.1 Å². The zero-order valence-electron chi connectivity index (χ0n) is 15.1. The predicted molar refractivity (Wildman–Crippen MR) is 97.5 cm³/mol. The Morgan fingerprint density at radius 3 is 2.93 bits per heavy atom. The molecule has 0 spiro atoms. The number of nitrogens with zero attached hydrogens (tertiary/aromatic N) is 5. The van der Waals surface area contributed by atoms with Crippen molar-refractivity contribution in [3.05, 3.63) is 47.7 Å². The molecule has 0 unspecified atom stereocenters. The number of aromatic nitrogens is 6. The maximum absolute atomic E-state index is 12.1. The lowest BCUT2D eigenvalue weighted by Crippen LogP contribution is -2.23. The number of benzene rings is 1. The van der Waals surface area contributed by atoms with Gasteiger partial charge in [0, 0.05) is 19.9 Å². The Kier molecular flexibility index (Phi) is 4.41. The summed E-state index contributed by atoms with van der Waals surface area (Å²) in [5.41, 5.74) is 3.45. The molecule has 0 aliphatic heterocycles. The number of nitrogens with one attached hydrogen (secondary N) is 2. The second-order valence-corrected chi connectivity index (χ2v) is 6.27. The molecule has 9 heteroatoms. The van der Waals surface area contributed by atoms with Crippen LogP contribution in [-0.2, 0) is 24.8 Å². The lowest BCUT2D eigenvalue weighted by Gasteiger charge is -2.01. The van der Waals surface area contributed by atoms with Crippen LogP contribution >= 0.6 is 0 Å². The van der Waals surface area contributed by atoms with E-state index in [9.17, 15) is 4.79 Å². The van der Waals surface area contributed by atoms with E-state index in [0.29, 0.717) is 24.7 Å². The first kappa shape index (κ1) is 17.0. The van der Waals surface area contributed by atoms with Gasteiger partial charge in [-0.05, 0) is 25.1 Å². The topological polar surface area (TPSA) is 115 Å². The van der Waals surface area contributed by atoms with E-state index in [1.165, 1.54) is 0 Å². The fourth-order valence-corrected chi connectivity index (χ4v) is 2.85. The fraction of sp³-hybridized carbons (Fsp3) is 0.278. The average Bonchev–Trinajstić information content (AvgIpc) is 3.35. The number of hydrogen-bond donors (Lipinski definition) is 2. The van der Waals surface area contributed by atoms with Crippen LogP contribution in [-0.4, -0.2) is 35.9 Å². The van der Waals surface area contributed by atoms with Crippen LogP contribution in [0.15, 0.2) is 34.7 Å². The SMILES string of the molecule is Cc1cc(-c2nnc(CCC(=O)NCc3nc4ccccc4[nH]3)o2)n(C)n1. The molecule has 138 valence electrons. The summed E-state index contributed by atoms with van der Waals surface area (Å²) in [4.78, 5) is 19.7. The molecule has 2 N–H and O–H groups in total. The van der Waals surface area contributed by atoms with Gasteiger partial charge in [-0.15, -0.1) is 10.2 Å². The number of amides is 1. The number of hydrogen-bond acceptors (Lipinski definition) is 6. The maximum atomic E-state index is 12.1. The second kappa shape index (κ2) is 7.02. The van der Waals surface area contributed by atoms with Crippen molar-refractivity contribution in [1.29, 1.82) is 0 Å². The third-order valence-electron chi connectivity index (χ3n) is 4.15. The van der Waals surface area contributed by atoms with E-state index in [4.69, 9.17) is 4.42 Å². The number of carbonyl (C=O) groups excluding carboxylic acids is 1. The van der Waals surface area contributed by atoms with Crippen molar-refractivity contribution in [2.45, 2.75) is 26.3 Å². The molecule has 0 atom stereocenters. The number of para-hydroxylation sites is 2. The lowest BCUT2D eigenvalue weighted by atomic mass is 10.3. The van der Waals surface area contributed by atoms with E-state index in [1.54, 1.807) is 4.68 Å². The number of aryl methyl sites for hydroxylation is 3. The van der Waals surface area contributed by atoms with Crippen LogP contribution in [0.1, 0.15) is 23.8 Å². The standard InChI is InChI=1S/C18H19N7O2/c1-11-9-14(25(2)24-11)18-23-22-17(27-18)8-7-16(26)19-10-15-20-12-5-3-4-6-13(12)21-15/h3-6,9H,7-8,10H2,1-2H3,(H,19,26)(H,20,21). The van der Waals surface area contributed by atoms with Crippen molar-refractivity contribution >= 4 is 16.9 Å². The van der Waals surface area contributed by atoms with Gasteiger partial charge >= 0.3 is 0 Å². The van der Waals surface area contributed by atoms with E-state index in [2.05, 4.69) is 30.6 Å². The molecule has 9 nitrogen and oxygen atoms in total. The molecule has 0 bridgehead atoms. The smallest absolute Gasteiger partial charge is 0.265 e. The van der Waals surface area contributed by atoms with Crippen LogP contribution in [0, 0.1) is 6.92 Å². The highest BCUT2D eigenvalue weighted by molar-refractivity contribution is 5.77. The van der Waals surface area contributed by atoms with E-state index >= 15 is 0 Å². The van der Waals surface area contributed by atoms with Crippen LogP contribution in [0.5, 0.6) is 0 Å². The Hall–Kier alpha value is -3.49. The second-order valence-electron chi connectivity index (χ2n) is 6.27. The van der Waals surface area contributed by atoms with E-state index in [-0.39, 0.29) is 12.3 Å². The zero-order chi connectivity index (χ0) is 18.8. The number of fused-ring (bicyclic) bond motifs is 1. The molecule has 1 amide bonds. The van der Waals surface area contributed by atoms with Crippen LogP contribution < -0.4 is 5.32 Å². The van der Waals surface area contributed by atoms with Crippen LogP contribution in [0.2, 0.25) is 0 Å². The summed E-state index contributed by atoms with van der Waals surface area (Å²) in [5, 5.41) is 15.1. The van der Waals surface area contributed by atoms with E-state index in [1.807, 2.05) is 44.3 Å². The molecule has 1 aromatic carbocycles. The van der Waals surface area contributed by atoms with Gasteiger partial charge in [0.2, 0.25) is 11.8 Å². The van der Waals surface area contributed by atoms with Gasteiger partial charge in [-0.3, -0.25) is 9.48 Å². The third-order valence-corrected chi connectivity index (χ3v) is 4.15. The van der Waals surface area contributed by atoms with Crippen molar-refractivity contribution in [3.8, 4) is 11.6 Å². The molecule has 3 aromatic heterocycles. The molecule has 4 aromatic rings. The van der Waals surface area contributed by atoms with Crippen molar-refractivity contribution < 1.29 is 9.21 Å². The van der Waals surface area contributed by atoms with Crippen LogP contribution in [0.3, 0.4) is 0 Å². The van der Waals surface area contributed by atoms with Crippen molar-refractivity contribution in [2.24, 2.45) is 7.05 Å². The van der Waals surface area contributed by atoms with E-state index in [0.717, 1.165) is 28.2 Å². The molecule has 0 aliphatic carbocycles. The largest absolute Gasteiger partial charge is 0.419 e. The molecule has 0 aliphatic rings. The summed E-state index contributed by atoms with van der Waals surface area (Å²) < 4.78 is 7.32. The number of aromatic amines is 1. The number of imidazole rings is 1. The lowest BCUT2D eigenvalue weighted by molar-refractivity contribution is -0.121. The summed E-state index contributed by atoms with van der Waals surface area (Å²) in [6.07, 6.45) is 0.627. The first-order valence-corrected chi connectivity index (χ1v) is 8.62. The molecule has 0 radical (unpaired) electrons.